The van der Waals surface area contributed by atoms with E-state index in [2.05, 4.69) is 26.1 Å². The largest absolute Gasteiger partial charge is 0.398 e. The summed E-state index contributed by atoms with van der Waals surface area (Å²) < 4.78 is 11.8. The molecule has 0 saturated heterocycles. The average Bonchev–Trinajstić information content (AvgIpc) is 2.78. The van der Waals surface area contributed by atoms with Gasteiger partial charge in [0.1, 0.15) is 5.60 Å². The Kier molecular flexibility index (Phi) is 3.06. The Morgan fingerprint density at radius 1 is 1.42 bits per heavy atom. The van der Waals surface area contributed by atoms with Gasteiger partial charge < -0.3 is 15.0 Å². The molecule has 1 aliphatic rings. The minimum atomic E-state index is -0.369. The molecular formula is C13H14BrN3O2. The van der Waals surface area contributed by atoms with Crippen molar-refractivity contribution in [2.45, 2.75) is 24.9 Å². The first-order valence-electron chi connectivity index (χ1n) is 6.09. The van der Waals surface area contributed by atoms with Gasteiger partial charge in [-0.1, -0.05) is 21.1 Å². The van der Waals surface area contributed by atoms with Crippen molar-refractivity contribution in [3.63, 3.8) is 0 Å². The van der Waals surface area contributed by atoms with Crippen LogP contribution in [0.1, 0.15) is 25.1 Å². The van der Waals surface area contributed by atoms with E-state index >= 15 is 0 Å². The van der Waals surface area contributed by atoms with Gasteiger partial charge in [0.25, 0.3) is 5.89 Å². The fraction of sp³-hybridized carbons (Fsp3) is 0.385. The maximum atomic E-state index is 5.96. The molecule has 0 radical (unpaired) electrons. The molecule has 100 valence electrons. The smallest absolute Gasteiger partial charge is 0.260 e. The quantitative estimate of drug-likeness (QED) is 0.878. The van der Waals surface area contributed by atoms with Gasteiger partial charge in [-0.25, -0.2) is 0 Å². The Bertz CT molecular complexity index is 602. The third kappa shape index (κ3) is 2.04. The van der Waals surface area contributed by atoms with Crippen LogP contribution < -0.4 is 5.73 Å². The SMILES string of the molecule is COC1(c2noc(-c3ccc(Br)cc3N)n2)CCC1. The molecule has 2 aromatic rings. The van der Waals surface area contributed by atoms with E-state index in [0.717, 1.165) is 29.3 Å². The molecule has 1 aromatic heterocycles. The molecule has 0 unspecified atom stereocenters. The summed E-state index contributed by atoms with van der Waals surface area (Å²) in [6.07, 6.45) is 2.98. The lowest BCUT2D eigenvalue weighted by molar-refractivity contribution is -0.0858. The van der Waals surface area contributed by atoms with E-state index in [9.17, 15) is 0 Å². The molecule has 0 amide bonds. The predicted octanol–water partition coefficient (Wildman–Crippen LogP) is 3.11. The molecule has 0 bridgehead atoms. The van der Waals surface area contributed by atoms with Crippen molar-refractivity contribution in [2.75, 3.05) is 12.8 Å². The summed E-state index contributed by atoms with van der Waals surface area (Å²) in [4.78, 5) is 4.44. The maximum Gasteiger partial charge on any atom is 0.260 e. The monoisotopic (exact) mass is 323 g/mol. The predicted molar refractivity (Wildman–Crippen MR) is 74.4 cm³/mol. The molecule has 0 atom stereocenters. The second kappa shape index (κ2) is 4.61. The van der Waals surface area contributed by atoms with Crippen LogP contribution in [-0.2, 0) is 10.3 Å². The third-order valence-electron chi connectivity index (χ3n) is 3.63. The molecule has 1 fully saturated rings. The van der Waals surface area contributed by atoms with Crippen LogP contribution >= 0.6 is 15.9 Å². The number of nitrogen functional groups attached to an aromatic ring is 1. The summed E-state index contributed by atoms with van der Waals surface area (Å²) in [5.41, 5.74) is 6.94. The van der Waals surface area contributed by atoms with Crippen LogP contribution in [0.15, 0.2) is 27.2 Å². The topological polar surface area (TPSA) is 74.2 Å². The van der Waals surface area contributed by atoms with Crippen LogP contribution in [0.25, 0.3) is 11.5 Å². The van der Waals surface area contributed by atoms with Crippen molar-refractivity contribution in [3.8, 4) is 11.5 Å². The number of nitrogens with two attached hydrogens (primary N) is 1. The molecule has 5 nitrogen and oxygen atoms in total. The number of aromatic nitrogens is 2. The summed E-state index contributed by atoms with van der Waals surface area (Å²) in [5.74, 6) is 1.04. The van der Waals surface area contributed by atoms with Gasteiger partial charge in [0.15, 0.2) is 0 Å². The second-order valence-electron chi connectivity index (χ2n) is 4.71. The summed E-state index contributed by atoms with van der Waals surface area (Å²) >= 11 is 3.37. The van der Waals surface area contributed by atoms with Crippen molar-refractivity contribution in [2.24, 2.45) is 0 Å². The summed E-state index contributed by atoms with van der Waals surface area (Å²) in [6, 6.07) is 5.57. The number of methoxy groups -OCH3 is 1. The highest BCUT2D eigenvalue weighted by atomic mass is 79.9. The van der Waals surface area contributed by atoms with Gasteiger partial charge in [-0.15, -0.1) is 0 Å². The van der Waals surface area contributed by atoms with E-state index in [1.807, 2.05) is 18.2 Å². The van der Waals surface area contributed by atoms with Gasteiger partial charge in [-0.3, -0.25) is 0 Å². The van der Waals surface area contributed by atoms with Crippen molar-refractivity contribution in [1.29, 1.82) is 0 Å². The van der Waals surface area contributed by atoms with Gasteiger partial charge in [0.2, 0.25) is 5.82 Å². The van der Waals surface area contributed by atoms with Crippen LogP contribution in [-0.4, -0.2) is 17.3 Å². The normalized spacial score (nSPS) is 17.2. The Morgan fingerprint density at radius 3 is 2.79 bits per heavy atom. The van der Waals surface area contributed by atoms with E-state index in [-0.39, 0.29) is 5.60 Å². The molecule has 1 aliphatic carbocycles. The molecular weight excluding hydrogens is 310 g/mol. The van der Waals surface area contributed by atoms with Crippen LogP contribution in [0.2, 0.25) is 0 Å². The Labute approximate surface area is 119 Å². The van der Waals surface area contributed by atoms with Gasteiger partial charge in [0.05, 0.1) is 5.56 Å². The Hall–Kier alpha value is -1.40. The summed E-state index contributed by atoms with van der Waals surface area (Å²) in [6.45, 7) is 0. The number of halogens is 1. The zero-order valence-electron chi connectivity index (χ0n) is 10.5. The first-order valence-corrected chi connectivity index (χ1v) is 6.89. The third-order valence-corrected chi connectivity index (χ3v) is 4.12. The fourth-order valence-electron chi connectivity index (χ4n) is 2.26. The Balaban J connectivity index is 1.97. The van der Waals surface area contributed by atoms with E-state index in [0.29, 0.717) is 17.4 Å². The van der Waals surface area contributed by atoms with E-state index < -0.39 is 0 Å². The lowest BCUT2D eigenvalue weighted by Crippen LogP contribution is -2.37. The maximum absolute atomic E-state index is 5.96. The zero-order chi connectivity index (χ0) is 13.5. The zero-order valence-corrected chi connectivity index (χ0v) is 12.1. The van der Waals surface area contributed by atoms with Crippen LogP contribution in [0.4, 0.5) is 5.69 Å². The lowest BCUT2D eigenvalue weighted by atomic mass is 9.79. The number of hydrogen-bond acceptors (Lipinski definition) is 5. The number of benzene rings is 1. The van der Waals surface area contributed by atoms with E-state index in [1.54, 1.807) is 7.11 Å². The summed E-state index contributed by atoms with van der Waals surface area (Å²) in [5, 5.41) is 4.04. The van der Waals surface area contributed by atoms with Crippen LogP contribution in [0, 0.1) is 0 Å². The number of rotatable bonds is 3. The van der Waals surface area contributed by atoms with E-state index in [4.69, 9.17) is 15.0 Å². The second-order valence-corrected chi connectivity index (χ2v) is 5.62. The number of ether oxygens (including phenoxy) is 1. The average molecular weight is 324 g/mol. The van der Waals surface area contributed by atoms with Crippen molar-refractivity contribution in [1.82, 2.24) is 10.1 Å². The van der Waals surface area contributed by atoms with Crippen molar-refractivity contribution in [3.05, 3.63) is 28.5 Å². The number of hydrogen-bond donors (Lipinski definition) is 1. The molecule has 0 spiro atoms. The van der Waals surface area contributed by atoms with Gasteiger partial charge in [0, 0.05) is 17.3 Å². The van der Waals surface area contributed by atoms with Gasteiger partial charge in [-0.05, 0) is 37.5 Å². The molecule has 0 aliphatic heterocycles. The van der Waals surface area contributed by atoms with Gasteiger partial charge in [-0.2, -0.15) is 4.98 Å². The standard InChI is InChI=1S/C13H14BrN3O2/c1-18-13(5-2-6-13)12-16-11(19-17-12)9-4-3-8(14)7-10(9)15/h3-4,7H,2,5-6,15H2,1H3. The molecule has 1 aromatic carbocycles. The first-order chi connectivity index (χ1) is 9.14. The molecule has 19 heavy (non-hydrogen) atoms. The van der Waals surface area contributed by atoms with Crippen LogP contribution in [0.3, 0.4) is 0 Å². The first kappa shape index (κ1) is 12.6. The minimum Gasteiger partial charge on any atom is -0.398 e. The molecule has 2 N–H and O–H groups in total. The molecule has 1 saturated carbocycles. The minimum absolute atomic E-state index is 0.369. The number of nitrogens with zero attached hydrogens (tertiary/aromatic N) is 2. The van der Waals surface area contributed by atoms with Crippen molar-refractivity contribution >= 4 is 21.6 Å². The summed E-state index contributed by atoms with van der Waals surface area (Å²) in [7, 11) is 1.68. The Morgan fingerprint density at radius 2 is 2.21 bits per heavy atom. The molecule has 6 heteroatoms. The highest BCUT2D eigenvalue weighted by Crippen LogP contribution is 2.43. The molecule has 3 rings (SSSR count). The fourth-order valence-corrected chi connectivity index (χ4v) is 2.64. The van der Waals surface area contributed by atoms with Gasteiger partial charge >= 0.3 is 0 Å². The highest BCUT2D eigenvalue weighted by Gasteiger charge is 2.43. The highest BCUT2D eigenvalue weighted by molar-refractivity contribution is 9.10. The lowest BCUT2D eigenvalue weighted by Gasteiger charge is -2.37. The molecule has 1 heterocycles. The number of anilines is 1. The van der Waals surface area contributed by atoms with Crippen molar-refractivity contribution < 1.29 is 9.26 Å². The van der Waals surface area contributed by atoms with E-state index in [1.165, 1.54) is 0 Å². The van der Waals surface area contributed by atoms with Crippen LogP contribution in [0.5, 0.6) is 0 Å².